The molecule has 2 aromatic carbocycles. The Morgan fingerprint density at radius 2 is 1.76 bits per heavy atom. The maximum Gasteiger partial charge on any atom is 0.291 e. The summed E-state index contributed by atoms with van der Waals surface area (Å²) in [4.78, 5) is 12.3. The van der Waals surface area contributed by atoms with E-state index in [1.807, 2.05) is 32.9 Å². The lowest BCUT2D eigenvalue weighted by Crippen LogP contribution is -2.13. The van der Waals surface area contributed by atoms with Crippen LogP contribution in [0.5, 0.6) is 5.75 Å². The molecule has 10 heteroatoms. The van der Waals surface area contributed by atoms with E-state index >= 15 is 0 Å². The summed E-state index contributed by atoms with van der Waals surface area (Å²) < 4.78 is 32.8. The van der Waals surface area contributed by atoms with Crippen molar-refractivity contribution in [2.75, 3.05) is 10.0 Å². The van der Waals surface area contributed by atoms with E-state index in [1.165, 1.54) is 0 Å². The zero-order valence-electron chi connectivity index (χ0n) is 16.0. The fraction of sp³-hybridized carbons (Fsp3) is 0.211. The minimum absolute atomic E-state index is 0.0206. The van der Waals surface area contributed by atoms with Gasteiger partial charge < -0.3 is 4.74 Å². The lowest BCUT2D eigenvalue weighted by molar-refractivity contribution is 0.102. The van der Waals surface area contributed by atoms with Crippen molar-refractivity contribution in [3.05, 3.63) is 59.7 Å². The van der Waals surface area contributed by atoms with Gasteiger partial charge in [0.05, 0.1) is 6.10 Å². The summed E-state index contributed by atoms with van der Waals surface area (Å²) in [5.74, 6) is 0.261. The molecule has 2 N–H and O–H groups in total. The molecule has 0 aliphatic carbocycles. The first-order valence-corrected chi connectivity index (χ1v) is 11.0. The number of nitrogens with zero attached hydrogens (tertiary/aromatic N) is 2. The van der Waals surface area contributed by atoms with Crippen molar-refractivity contribution in [3.63, 3.8) is 0 Å². The second-order valence-corrected chi connectivity index (χ2v) is 9.27. The summed E-state index contributed by atoms with van der Waals surface area (Å²) in [6.07, 6.45) is 0.0206. The SMILES string of the molecule is Cc1ccccc1C(=O)Nc1nnc(S(=O)(=O)Nc2ccc(OC(C)C)cc2)s1. The Morgan fingerprint density at radius 3 is 2.41 bits per heavy atom. The van der Waals surface area contributed by atoms with Gasteiger partial charge in [0.25, 0.3) is 20.3 Å². The quantitative estimate of drug-likeness (QED) is 0.551. The number of aryl methyl sites for hydroxylation is 1. The first-order chi connectivity index (χ1) is 13.7. The molecule has 0 aliphatic rings. The van der Waals surface area contributed by atoms with Gasteiger partial charge in [0.1, 0.15) is 5.75 Å². The number of nitrogens with one attached hydrogen (secondary N) is 2. The Balaban J connectivity index is 1.70. The number of amides is 1. The van der Waals surface area contributed by atoms with Crippen LogP contribution in [0, 0.1) is 6.92 Å². The van der Waals surface area contributed by atoms with E-state index in [4.69, 9.17) is 4.74 Å². The van der Waals surface area contributed by atoms with Crippen molar-refractivity contribution in [2.24, 2.45) is 0 Å². The third-order valence-electron chi connectivity index (χ3n) is 3.72. The van der Waals surface area contributed by atoms with Gasteiger partial charge in [-0.3, -0.25) is 14.8 Å². The minimum Gasteiger partial charge on any atom is -0.491 e. The molecule has 0 saturated carbocycles. The van der Waals surface area contributed by atoms with Gasteiger partial charge in [-0.1, -0.05) is 29.5 Å². The van der Waals surface area contributed by atoms with Crippen molar-refractivity contribution in [1.82, 2.24) is 10.2 Å². The third-order valence-corrected chi connectivity index (χ3v) is 6.31. The molecule has 3 aromatic rings. The van der Waals surface area contributed by atoms with Gasteiger partial charge in [0.15, 0.2) is 0 Å². The lowest BCUT2D eigenvalue weighted by Gasteiger charge is -2.10. The molecule has 152 valence electrons. The van der Waals surface area contributed by atoms with Gasteiger partial charge in [0, 0.05) is 11.3 Å². The van der Waals surface area contributed by atoms with Crippen molar-refractivity contribution in [2.45, 2.75) is 31.2 Å². The third kappa shape index (κ3) is 5.30. The van der Waals surface area contributed by atoms with Crippen molar-refractivity contribution in [3.8, 4) is 5.75 Å². The van der Waals surface area contributed by atoms with Crippen LogP contribution in [0.15, 0.2) is 52.9 Å². The second-order valence-electron chi connectivity index (χ2n) is 6.44. The number of hydrogen-bond donors (Lipinski definition) is 2. The Labute approximate surface area is 173 Å². The molecule has 3 rings (SSSR count). The second kappa shape index (κ2) is 8.58. The fourth-order valence-corrected chi connectivity index (χ4v) is 4.39. The summed E-state index contributed by atoms with van der Waals surface area (Å²) in [5, 5.41) is 10.1. The van der Waals surface area contributed by atoms with E-state index in [1.54, 1.807) is 36.4 Å². The average Bonchev–Trinajstić information content (AvgIpc) is 3.12. The molecule has 1 aromatic heterocycles. The van der Waals surface area contributed by atoms with Gasteiger partial charge in [0.2, 0.25) is 5.13 Å². The topological polar surface area (TPSA) is 110 Å². The number of carbonyl (C=O) groups is 1. The Bertz CT molecular complexity index is 1110. The van der Waals surface area contributed by atoms with Crippen LogP contribution in [-0.2, 0) is 10.0 Å². The lowest BCUT2D eigenvalue weighted by atomic mass is 10.1. The van der Waals surface area contributed by atoms with Crippen LogP contribution < -0.4 is 14.8 Å². The van der Waals surface area contributed by atoms with E-state index in [9.17, 15) is 13.2 Å². The van der Waals surface area contributed by atoms with E-state index < -0.39 is 10.0 Å². The fourth-order valence-electron chi connectivity index (χ4n) is 2.43. The number of aromatic nitrogens is 2. The molecular formula is C19H20N4O4S2. The standard InChI is InChI=1S/C19H20N4O4S2/c1-12(2)27-15-10-8-14(9-11-15)23-29(25,26)19-22-21-18(28-19)20-17(24)16-7-5-4-6-13(16)3/h4-12,23H,1-3H3,(H,20,21,24). The van der Waals surface area contributed by atoms with Crippen molar-refractivity contribution in [1.29, 1.82) is 0 Å². The van der Waals surface area contributed by atoms with Crippen LogP contribution in [0.3, 0.4) is 0 Å². The summed E-state index contributed by atoms with van der Waals surface area (Å²) in [6, 6.07) is 13.6. The molecule has 0 radical (unpaired) electrons. The number of benzene rings is 2. The molecule has 0 aliphatic heterocycles. The summed E-state index contributed by atoms with van der Waals surface area (Å²) >= 11 is 0.770. The van der Waals surface area contributed by atoms with Crippen molar-refractivity contribution < 1.29 is 17.9 Å². The monoisotopic (exact) mass is 432 g/mol. The molecule has 0 spiro atoms. The minimum atomic E-state index is -3.93. The Morgan fingerprint density at radius 1 is 1.07 bits per heavy atom. The van der Waals surface area contributed by atoms with Crippen LogP contribution >= 0.6 is 11.3 Å². The average molecular weight is 433 g/mol. The van der Waals surface area contributed by atoms with Crippen LogP contribution in [0.2, 0.25) is 0 Å². The molecule has 0 unspecified atom stereocenters. The molecule has 0 fully saturated rings. The molecule has 0 atom stereocenters. The molecule has 0 bridgehead atoms. The maximum atomic E-state index is 12.5. The molecule has 29 heavy (non-hydrogen) atoms. The smallest absolute Gasteiger partial charge is 0.291 e. The highest BCUT2D eigenvalue weighted by molar-refractivity contribution is 7.94. The summed E-state index contributed by atoms with van der Waals surface area (Å²) in [5.41, 5.74) is 1.64. The molecular weight excluding hydrogens is 412 g/mol. The summed E-state index contributed by atoms with van der Waals surface area (Å²) in [6.45, 7) is 5.62. The largest absolute Gasteiger partial charge is 0.491 e. The Kier molecular flexibility index (Phi) is 6.14. The van der Waals surface area contributed by atoms with E-state index in [2.05, 4.69) is 20.2 Å². The van der Waals surface area contributed by atoms with Crippen LogP contribution in [-0.4, -0.2) is 30.6 Å². The van der Waals surface area contributed by atoms with Crippen molar-refractivity contribution >= 4 is 38.1 Å². The van der Waals surface area contributed by atoms with Crippen LogP contribution in [0.4, 0.5) is 10.8 Å². The normalized spacial score (nSPS) is 11.3. The first-order valence-electron chi connectivity index (χ1n) is 8.74. The number of anilines is 2. The number of hydrogen-bond acceptors (Lipinski definition) is 7. The van der Waals surface area contributed by atoms with E-state index in [0.29, 0.717) is 17.0 Å². The zero-order valence-corrected chi connectivity index (χ0v) is 17.7. The first kappa shape index (κ1) is 20.7. The zero-order chi connectivity index (χ0) is 21.0. The van der Waals surface area contributed by atoms with Gasteiger partial charge in [-0.05, 0) is 56.7 Å². The molecule has 8 nitrogen and oxygen atoms in total. The number of rotatable bonds is 7. The molecule has 0 saturated heterocycles. The highest BCUT2D eigenvalue weighted by atomic mass is 32.2. The van der Waals surface area contributed by atoms with Crippen LogP contribution in [0.1, 0.15) is 29.8 Å². The maximum absolute atomic E-state index is 12.5. The highest BCUT2D eigenvalue weighted by Crippen LogP contribution is 2.24. The molecule has 1 heterocycles. The number of sulfonamides is 1. The number of carbonyl (C=O) groups excluding carboxylic acids is 1. The Hall–Kier alpha value is -2.98. The van der Waals surface area contributed by atoms with Gasteiger partial charge in [-0.15, -0.1) is 10.2 Å². The van der Waals surface area contributed by atoms with Crippen LogP contribution in [0.25, 0.3) is 0 Å². The van der Waals surface area contributed by atoms with E-state index in [-0.39, 0.29) is 21.5 Å². The predicted molar refractivity (Wildman–Crippen MR) is 112 cm³/mol. The van der Waals surface area contributed by atoms with Gasteiger partial charge in [-0.25, -0.2) is 0 Å². The van der Waals surface area contributed by atoms with Gasteiger partial charge in [-0.2, -0.15) is 8.42 Å². The predicted octanol–water partition coefficient (Wildman–Crippen LogP) is 3.69. The number of ether oxygens (including phenoxy) is 1. The van der Waals surface area contributed by atoms with E-state index in [0.717, 1.165) is 16.9 Å². The van der Waals surface area contributed by atoms with Gasteiger partial charge >= 0.3 is 0 Å². The highest BCUT2D eigenvalue weighted by Gasteiger charge is 2.21. The molecule has 1 amide bonds. The summed E-state index contributed by atoms with van der Waals surface area (Å²) in [7, 11) is -3.93.